The number of rotatable bonds is 7. The fourth-order valence-corrected chi connectivity index (χ4v) is 3.64. The van der Waals surface area contributed by atoms with E-state index in [9.17, 15) is 9.59 Å². The van der Waals surface area contributed by atoms with Gasteiger partial charge in [-0.15, -0.1) is 0 Å². The lowest BCUT2D eigenvalue weighted by Gasteiger charge is -2.25. The highest BCUT2D eigenvalue weighted by molar-refractivity contribution is 5.96. The van der Waals surface area contributed by atoms with Gasteiger partial charge in [-0.05, 0) is 36.6 Å². The number of carbonyl (C=O) groups excluding carboxylic acids is 1. The lowest BCUT2D eigenvalue weighted by molar-refractivity contribution is -0.118. The monoisotopic (exact) mass is 422 g/mol. The van der Waals surface area contributed by atoms with E-state index >= 15 is 0 Å². The summed E-state index contributed by atoms with van der Waals surface area (Å²) < 4.78 is 10.7. The van der Waals surface area contributed by atoms with Gasteiger partial charge in [-0.3, -0.25) is 9.69 Å². The summed E-state index contributed by atoms with van der Waals surface area (Å²) in [6, 6.07) is 13.7. The molecule has 1 aliphatic rings. The average Bonchev–Trinajstić information content (AvgIpc) is 2.77. The molecule has 3 aromatic rings. The van der Waals surface area contributed by atoms with Gasteiger partial charge in [0.1, 0.15) is 0 Å². The third-order valence-corrected chi connectivity index (χ3v) is 5.34. The van der Waals surface area contributed by atoms with Gasteiger partial charge < -0.3 is 19.8 Å². The van der Waals surface area contributed by atoms with Crippen molar-refractivity contribution in [3.63, 3.8) is 0 Å². The summed E-state index contributed by atoms with van der Waals surface area (Å²) in [6.07, 6.45) is 0.789. The van der Waals surface area contributed by atoms with Crippen molar-refractivity contribution in [3.8, 4) is 0 Å². The number of morpholine rings is 1. The number of amides is 1. The molecule has 2 heterocycles. The van der Waals surface area contributed by atoms with E-state index in [0.717, 1.165) is 19.5 Å². The van der Waals surface area contributed by atoms with Crippen LogP contribution >= 0.6 is 0 Å². The van der Waals surface area contributed by atoms with Gasteiger partial charge in [0.05, 0.1) is 30.7 Å². The molecule has 0 atom stereocenters. The molecule has 1 fully saturated rings. The first-order valence-electron chi connectivity index (χ1n) is 10.4. The highest BCUT2D eigenvalue weighted by Crippen LogP contribution is 2.23. The van der Waals surface area contributed by atoms with Gasteiger partial charge >= 0.3 is 5.63 Å². The van der Waals surface area contributed by atoms with E-state index in [1.165, 1.54) is 5.56 Å². The first-order chi connectivity index (χ1) is 15.1. The first-order valence-corrected chi connectivity index (χ1v) is 10.4. The van der Waals surface area contributed by atoms with Crippen LogP contribution in [0.3, 0.4) is 0 Å². The van der Waals surface area contributed by atoms with Gasteiger partial charge in [0.2, 0.25) is 5.91 Å². The zero-order chi connectivity index (χ0) is 21.6. The minimum absolute atomic E-state index is 0.124. The molecule has 162 valence electrons. The number of benzene rings is 2. The van der Waals surface area contributed by atoms with E-state index in [1.54, 1.807) is 19.1 Å². The smallest absolute Gasteiger partial charge is 0.348 e. The maximum absolute atomic E-state index is 12.6. The number of fused-ring (bicyclic) bond motifs is 1. The number of aryl methyl sites for hydroxylation is 1. The van der Waals surface area contributed by atoms with E-state index in [1.807, 2.05) is 35.2 Å². The number of aromatic nitrogens is 1. The third kappa shape index (κ3) is 5.28. The predicted octanol–water partition coefficient (Wildman–Crippen LogP) is 2.42. The van der Waals surface area contributed by atoms with Gasteiger partial charge in [-0.25, -0.2) is 4.79 Å². The molecule has 31 heavy (non-hydrogen) atoms. The number of nitrogens with zero attached hydrogens (tertiary/aromatic N) is 2. The molecule has 8 heteroatoms. The van der Waals surface area contributed by atoms with Crippen LogP contribution in [0.25, 0.3) is 10.9 Å². The van der Waals surface area contributed by atoms with Crippen LogP contribution in [0, 0.1) is 6.92 Å². The van der Waals surface area contributed by atoms with Crippen LogP contribution in [0.2, 0.25) is 0 Å². The molecule has 0 saturated carbocycles. The topological polar surface area (TPSA) is 96.7 Å². The standard InChI is InChI=1S/C23H26N4O4/c1-16-18(25-20(28)15-27-11-13-30-14-12-27)7-8-19-21(16)22(29)31-23(26-19)24-10-9-17-5-3-2-4-6-17/h2-8H,9-15H2,1H3,(H,24,26)(H,25,28). The number of ether oxygens (including phenoxy) is 1. The molecular formula is C23H26N4O4. The Labute approximate surface area is 180 Å². The lowest BCUT2D eigenvalue weighted by atomic mass is 10.1. The van der Waals surface area contributed by atoms with Crippen molar-refractivity contribution < 1.29 is 13.9 Å². The van der Waals surface area contributed by atoms with Crippen LogP contribution in [-0.2, 0) is 16.0 Å². The summed E-state index contributed by atoms with van der Waals surface area (Å²) in [5, 5.41) is 6.35. The maximum Gasteiger partial charge on any atom is 0.348 e. The quantitative estimate of drug-likeness (QED) is 0.604. The van der Waals surface area contributed by atoms with Crippen molar-refractivity contribution in [1.29, 1.82) is 0 Å². The van der Waals surface area contributed by atoms with Gasteiger partial charge in [0.25, 0.3) is 6.01 Å². The van der Waals surface area contributed by atoms with Crippen molar-refractivity contribution in [2.45, 2.75) is 13.3 Å². The zero-order valence-electron chi connectivity index (χ0n) is 17.5. The van der Waals surface area contributed by atoms with Gasteiger partial charge in [0, 0.05) is 25.3 Å². The Morgan fingerprint density at radius 3 is 2.68 bits per heavy atom. The predicted molar refractivity (Wildman–Crippen MR) is 120 cm³/mol. The molecule has 0 radical (unpaired) electrons. The van der Waals surface area contributed by atoms with Crippen LogP contribution in [0.5, 0.6) is 0 Å². The van der Waals surface area contributed by atoms with E-state index in [2.05, 4.69) is 15.6 Å². The molecule has 0 bridgehead atoms. The van der Waals surface area contributed by atoms with E-state index in [0.29, 0.717) is 41.9 Å². The number of hydrogen-bond donors (Lipinski definition) is 2. The van der Waals surface area contributed by atoms with Crippen LogP contribution in [-0.4, -0.2) is 55.2 Å². The third-order valence-electron chi connectivity index (χ3n) is 5.34. The van der Waals surface area contributed by atoms with E-state index in [-0.39, 0.29) is 18.5 Å². The Bertz CT molecular complexity index is 1110. The number of hydrogen-bond acceptors (Lipinski definition) is 7. The summed E-state index contributed by atoms with van der Waals surface area (Å²) in [7, 11) is 0. The van der Waals surface area contributed by atoms with Crippen molar-refractivity contribution in [2.75, 3.05) is 50.0 Å². The molecule has 1 saturated heterocycles. The molecule has 8 nitrogen and oxygen atoms in total. The molecule has 4 rings (SSSR count). The fraction of sp³-hybridized carbons (Fsp3) is 0.348. The molecule has 1 amide bonds. The second-order valence-corrected chi connectivity index (χ2v) is 7.54. The summed E-state index contributed by atoms with van der Waals surface area (Å²) >= 11 is 0. The van der Waals surface area contributed by atoms with Crippen molar-refractivity contribution in [1.82, 2.24) is 9.88 Å². The van der Waals surface area contributed by atoms with Gasteiger partial charge in [-0.1, -0.05) is 30.3 Å². The number of carbonyl (C=O) groups is 1. The molecule has 0 spiro atoms. The Kier molecular flexibility index (Phi) is 6.59. The fourth-order valence-electron chi connectivity index (χ4n) is 3.64. The van der Waals surface area contributed by atoms with Crippen LogP contribution < -0.4 is 16.3 Å². The van der Waals surface area contributed by atoms with Gasteiger partial charge in [-0.2, -0.15) is 4.98 Å². The Morgan fingerprint density at radius 2 is 1.90 bits per heavy atom. The molecule has 1 aromatic heterocycles. The van der Waals surface area contributed by atoms with Crippen LogP contribution in [0.15, 0.2) is 51.7 Å². The summed E-state index contributed by atoms with van der Waals surface area (Å²) in [4.78, 5) is 31.5. The molecule has 0 unspecified atom stereocenters. The van der Waals surface area contributed by atoms with Gasteiger partial charge in [0.15, 0.2) is 0 Å². The normalized spacial score (nSPS) is 14.5. The lowest BCUT2D eigenvalue weighted by Crippen LogP contribution is -2.41. The Morgan fingerprint density at radius 1 is 1.13 bits per heavy atom. The zero-order valence-corrected chi connectivity index (χ0v) is 17.5. The molecule has 2 aromatic carbocycles. The Balaban J connectivity index is 1.44. The summed E-state index contributed by atoms with van der Waals surface area (Å²) in [5.41, 5.74) is 2.47. The first kappa shape index (κ1) is 21.0. The van der Waals surface area contributed by atoms with E-state index in [4.69, 9.17) is 9.15 Å². The molecule has 1 aliphatic heterocycles. The molecule has 0 aliphatic carbocycles. The van der Waals surface area contributed by atoms with E-state index < -0.39 is 5.63 Å². The largest absolute Gasteiger partial charge is 0.389 e. The minimum Gasteiger partial charge on any atom is -0.389 e. The summed E-state index contributed by atoms with van der Waals surface area (Å²) in [5.74, 6) is -0.124. The molecular weight excluding hydrogens is 396 g/mol. The second kappa shape index (κ2) is 9.72. The second-order valence-electron chi connectivity index (χ2n) is 7.54. The maximum atomic E-state index is 12.6. The highest BCUT2D eigenvalue weighted by atomic mass is 16.5. The number of nitrogens with one attached hydrogen (secondary N) is 2. The van der Waals surface area contributed by atoms with Crippen molar-refractivity contribution >= 4 is 28.5 Å². The Hall–Kier alpha value is -3.23. The number of anilines is 2. The average molecular weight is 422 g/mol. The van der Waals surface area contributed by atoms with Crippen LogP contribution in [0.4, 0.5) is 11.7 Å². The molecule has 2 N–H and O–H groups in total. The van der Waals surface area contributed by atoms with Crippen molar-refractivity contribution in [3.05, 3.63) is 64.0 Å². The highest BCUT2D eigenvalue weighted by Gasteiger charge is 2.17. The summed E-state index contributed by atoms with van der Waals surface area (Å²) in [6.45, 7) is 5.41. The minimum atomic E-state index is -0.478. The van der Waals surface area contributed by atoms with Crippen molar-refractivity contribution in [2.24, 2.45) is 0 Å². The SMILES string of the molecule is Cc1c(NC(=O)CN2CCOCC2)ccc2nc(NCCc3ccccc3)oc(=O)c12. The van der Waals surface area contributed by atoms with Crippen LogP contribution in [0.1, 0.15) is 11.1 Å².